The molecule has 1 N–H and O–H groups in total. The largest absolute Gasteiger partial charge is 0.497 e. The highest BCUT2D eigenvalue weighted by atomic mass is 79.9. The highest BCUT2D eigenvalue weighted by Gasteiger charge is 2.13. The van der Waals surface area contributed by atoms with Gasteiger partial charge in [-0.25, -0.2) is 0 Å². The van der Waals surface area contributed by atoms with Crippen LogP contribution in [0, 0.1) is 5.92 Å². The minimum atomic E-state index is 0.0450. The molecule has 0 spiro atoms. The fourth-order valence-corrected chi connectivity index (χ4v) is 2.11. The molecule has 2 unspecified atom stereocenters. The topological polar surface area (TPSA) is 38.3 Å². The number of carbonyl (C=O) groups excluding carboxylic acids is 1. The smallest absolute Gasteiger partial charge is 0.224 e. The first-order chi connectivity index (χ1) is 8.56. The van der Waals surface area contributed by atoms with Crippen LogP contribution < -0.4 is 10.1 Å². The molecule has 0 saturated carbocycles. The Bertz CT molecular complexity index is 395. The number of halogens is 1. The van der Waals surface area contributed by atoms with Crippen molar-refractivity contribution in [3.63, 3.8) is 0 Å². The van der Waals surface area contributed by atoms with Crippen LogP contribution >= 0.6 is 15.9 Å². The molecule has 100 valence electrons. The Morgan fingerprint density at radius 2 is 2.17 bits per heavy atom. The van der Waals surface area contributed by atoms with Crippen LogP contribution in [-0.4, -0.2) is 24.4 Å². The first kappa shape index (κ1) is 15.0. The molecule has 0 aliphatic carbocycles. The molecule has 1 aromatic carbocycles. The van der Waals surface area contributed by atoms with E-state index in [-0.39, 0.29) is 11.9 Å². The Morgan fingerprint density at radius 3 is 2.78 bits per heavy atom. The van der Waals surface area contributed by atoms with Gasteiger partial charge in [0.15, 0.2) is 0 Å². The molecule has 1 rings (SSSR count). The van der Waals surface area contributed by atoms with Crippen molar-refractivity contribution in [1.82, 2.24) is 5.32 Å². The van der Waals surface area contributed by atoms with Crippen LogP contribution in [0.3, 0.4) is 0 Å². The van der Waals surface area contributed by atoms with Gasteiger partial charge in [0, 0.05) is 11.4 Å². The predicted octanol–water partition coefficient (Wildman–Crippen LogP) is 2.77. The Kier molecular flexibility index (Phi) is 6.19. The summed E-state index contributed by atoms with van der Waals surface area (Å²) >= 11 is 3.42. The molecule has 1 aromatic rings. The van der Waals surface area contributed by atoms with Gasteiger partial charge in [-0.3, -0.25) is 4.79 Å². The molecule has 0 saturated heterocycles. The summed E-state index contributed by atoms with van der Waals surface area (Å²) in [6.45, 7) is 4.13. The zero-order chi connectivity index (χ0) is 13.5. The lowest BCUT2D eigenvalue weighted by Gasteiger charge is -2.19. The van der Waals surface area contributed by atoms with Crippen LogP contribution in [0.4, 0.5) is 0 Å². The second-order valence-corrected chi connectivity index (χ2v) is 5.16. The summed E-state index contributed by atoms with van der Waals surface area (Å²) in [6.07, 6.45) is 0.385. The second kappa shape index (κ2) is 7.41. The van der Waals surface area contributed by atoms with Gasteiger partial charge in [-0.1, -0.05) is 35.0 Å². The molecule has 0 aliphatic rings. The normalized spacial score (nSPS) is 13.8. The van der Waals surface area contributed by atoms with Gasteiger partial charge >= 0.3 is 0 Å². The molecule has 0 aromatic heterocycles. The summed E-state index contributed by atoms with van der Waals surface area (Å²) < 4.78 is 5.14. The number of hydrogen-bond acceptors (Lipinski definition) is 2. The summed E-state index contributed by atoms with van der Waals surface area (Å²) in [6, 6.07) is 7.75. The SMILES string of the molecule is COc1cccc(CC(=O)NC(C)C(C)CBr)c1. The molecule has 18 heavy (non-hydrogen) atoms. The maximum Gasteiger partial charge on any atom is 0.224 e. The molecule has 0 aliphatic heterocycles. The molecule has 2 atom stereocenters. The summed E-state index contributed by atoms with van der Waals surface area (Å²) in [7, 11) is 1.62. The van der Waals surface area contributed by atoms with Gasteiger partial charge in [0.25, 0.3) is 0 Å². The highest BCUT2D eigenvalue weighted by Crippen LogP contribution is 2.13. The molecule has 0 heterocycles. The molecular formula is C14H20BrNO2. The predicted molar refractivity (Wildman–Crippen MR) is 77.3 cm³/mol. The fourth-order valence-electron chi connectivity index (χ4n) is 1.55. The Hall–Kier alpha value is -1.03. The van der Waals surface area contributed by atoms with E-state index in [0.717, 1.165) is 16.6 Å². The average molecular weight is 314 g/mol. The summed E-state index contributed by atoms with van der Waals surface area (Å²) in [5.41, 5.74) is 0.963. The van der Waals surface area contributed by atoms with E-state index in [4.69, 9.17) is 4.74 Å². The maximum absolute atomic E-state index is 11.9. The van der Waals surface area contributed by atoms with E-state index in [1.165, 1.54) is 0 Å². The number of benzene rings is 1. The van der Waals surface area contributed by atoms with Crippen LogP contribution in [0.1, 0.15) is 19.4 Å². The quantitative estimate of drug-likeness (QED) is 0.820. The van der Waals surface area contributed by atoms with Crippen molar-refractivity contribution in [3.8, 4) is 5.75 Å². The van der Waals surface area contributed by atoms with Gasteiger partial charge in [0.1, 0.15) is 5.75 Å². The highest BCUT2D eigenvalue weighted by molar-refractivity contribution is 9.09. The van der Waals surface area contributed by atoms with Gasteiger partial charge < -0.3 is 10.1 Å². The number of alkyl halides is 1. The molecule has 0 fully saturated rings. The monoisotopic (exact) mass is 313 g/mol. The average Bonchev–Trinajstić information content (AvgIpc) is 2.37. The van der Waals surface area contributed by atoms with E-state index >= 15 is 0 Å². The molecule has 0 bridgehead atoms. The number of ether oxygens (including phenoxy) is 1. The maximum atomic E-state index is 11.9. The third kappa shape index (κ3) is 4.69. The van der Waals surface area contributed by atoms with Crippen molar-refractivity contribution >= 4 is 21.8 Å². The zero-order valence-electron chi connectivity index (χ0n) is 11.1. The Morgan fingerprint density at radius 1 is 1.44 bits per heavy atom. The second-order valence-electron chi connectivity index (χ2n) is 4.52. The fraction of sp³-hybridized carbons (Fsp3) is 0.500. The first-order valence-electron chi connectivity index (χ1n) is 6.05. The lowest BCUT2D eigenvalue weighted by atomic mass is 10.1. The third-order valence-corrected chi connectivity index (χ3v) is 4.01. The van der Waals surface area contributed by atoms with Crippen LogP contribution in [-0.2, 0) is 11.2 Å². The Balaban J connectivity index is 2.53. The zero-order valence-corrected chi connectivity index (χ0v) is 12.7. The van der Waals surface area contributed by atoms with E-state index in [9.17, 15) is 4.79 Å². The Labute approximate surface area is 117 Å². The third-order valence-electron chi connectivity index (χ3n) is 2.98. The molecular weight excluding hydrogens is 294 g/mol. The van der Waals surface area contributed by atoms with Gasteiger partial charge in [-0.15, -0.1) is 0 Å². The van der Waals surface area contributed by atoms with Crippen molar-refractivity contribution < 1.29 is 9.53 Å². The van der Waals surface area contributed by atoms with E-state index < -0.39 is 0 Å². The standard InChI is InChI=1S/C14H20BrNO2/c1-10(9-15)11(2)16-14(17)8-12-5-4-6-13(7-12)18-3/h4-7,10-11H,8-9H2,1-3H3,(H,16,17). The van der Waals surface area contributed by atoms with E-state index in [0.29, 0.717) is 12.3 Å². The molecule has 0 radical (unpaired) electrons. The van der Waals surface area contributed by atoms with Crippen LogP contribution in [0.2, 0.25) is 0 Å². The van der Waals surface area contributed by atoms with E-state index in [1.54, 1.807) is 7.11 Å². The summed E-state index contributed by atoms with van der Waals surface area (Å²) in [5, 5.41) is 3.89. The lowest BCUT2D eigenvalue weighted by Crippen LogP contribution is -2.38. The number of carbonyl (C=O) groups is 1. The van der Waals surface area contributed by atoms with E-state index in [2.05, 4.69) is 28.2 Å². The first-order valence-corrected chi connectivity index (χ1v) is 7.17. The van der Waals surface area contributed by atoms with Crippen molar-refractivity contribution in [1.29, 1.82) is 0 Å². The van der Waals surface area contributed by atoms with Crippen molar-refractivity contribution in [3.05, 3.63) is 29.8 Å². The minimum Gasteiger partial charge on any atom is -0.497 e. The number of rotatable bonds is 6. The van der Waals surface area contributed by atoms with Crippen LogP contribution in [0.5, 0.6) is 5.75 Å². The summed E-state index contributed by atoms with van der Waals surface area (Å²) in [5.74, 6) is 1.24. The summed E-state index contributed by atoms with van der Waals surface area (Å²) in [4.78, 5) is 11.9. The molecule has 1 amide bonds. The van der Waals surface area contributed by atoms with Gasteiger partial charge in [-0.05, 0) is 30.5 Å². The van der Waals surface area contributed by atoms with Crippen molar-refractivity contribution in [2.45, 2.75) is 26.3 Å². The number of nitrogens with one attached hydrogen (secondary N) is 1. The molecule has 4 heteroatoms. The van der Waals surface area contributed by atoms with E-state index in [1.807, 2.05) is 31.2 Å². The van der Waals surface area contributed by atoms with Crippen molar-refractivity contribution in [2.75, 3.05) is 12.4 Å². The lowest BCUT2D eigenvalue weighted by molar-refractivity contribution is -0.121. The van der Waals surface area contributed by atoms with Gasteiger partial charge in [0.05, 0.1) is 13.5 Å². The number of amides is 1. The van der Waals surface area contributed by atoms with Crippen LogP contribution in [0.25, 0.3) is 0 Å². The number of methoxy groups -OCH3 is 1. The number of hydrogen-bond donors (Lipinski definition) is 1. The minimum absolute atomic E-state index is 0.0450. The van der Waals surface area contributed by atoms with Gasteiger partial charge in [0.2, 0.25) is 5.91 Å². The van der Waals surface area contributed by atoms with Crippen molar-refractivity contribution in [2.24, 2.45) is 5.92 Å². The van der Waals surface area contributed by atoms with Gasteiger partial charge in [-0.2, -0.15) is 0 Å². The van der Waals surface area contributed by atoms with Crippen LogP contribution in [0.15, 0.2) is 24.3 Å². The molecule has 3 nitrogen and oxygen atoms in total.